The fourth-order valence-electron chi connectivity index (χ4n) is 5.81. The number of rotatable bonds is 18. The minimum Gasteiger partial charge on any atom is -0.457 e. The van der Waals surface area contributed by atoms with E-state index in [-0.39, 0.29) is 24.9 Å². The maximum atomic E-state index is 13.4. The van der Waals surface area contributed by atoms with Gasteiger partial charge in [-0.1, -0.05) is 72.8 Å². The summed E-state index contributed by atoms with van der Waals surface area (Å²) in [6, 6.07) is 47.9. The van der Waals surface area contributed by atoms with Gasteiger partial charge in [-0.15, -0.1) is 0 Å². The van der Waals surface area contributed by atoms with Crippen molar-refractivity contribution in [1.29, 1.82) is 0 Å². The average molecular weight is 706 g/mol. The lowest BCUT2D eigenvalue weighted by Gasteiger charge is -2.25. The van der Waals surface area contributed by atoms with Gasteiger partial charge in [-0.3, -0.25) is 24.4 Å². The van der Waals surface area contributed by atoms with Gasteiger partial charge in [0.25, 0.3) is 0 Å². The average Bonchev–Trinajstić information content (AvgIpc) is 3.18. The number of amides is 2. The van der Waals surface area contributed by atoms with Crippen molar-refractivity contribution < 1.29 is 19.1 Å². The molecular formula is C44H43N5O4. The molecule has 0 atom stereocenters. The minimum atomic E-state index is -0.214. The molecule has 268 valence electrons. The van der Waals surface area contributed by atoms with Gasteiger partial charge >= 0.3 is 0 Å². The highest BCUT2D eigenvalue weighted by Crippen LogP contribution is 2.24. The molecule has 5 aromatic carbocycles. The van der Waals surface area contributed by atoms with Gasteiger partial charge in [0, 0.05) is 49.9 Å². The first-order valence-electron chi connectivity index (χ1n) is 17.7. The molecule has 0 aliphatic rings. The zero-order valence-corrected chi connectivity index (χ0v) is 29.5. The van der Waals surface area contributed by atoms with Crippen LogP contribution in [0.5, 0.6) is 23.0 Å². The number of benzene rings is 5. The Balaban J connectivity index is 1.08. The van der Waals surface area contributed by atoms with E-state index in [0.29, 0.717) is 29.4 Å². The second-order valence-corrected chi connectivity index (χ2v) is 12.6. The Kier molecular flexibility index (Phi) is 13.3. The summed E-state index contributed by atoms with van der Waals surface area (Å²) >= 11 is 0. The molecule has 2 N–H and O–H groups in total. The highest BCUT2D eigenvalue weighted by atomic mass is 16.5. The molecule has 53 heavy (non-hydrogen) atoms. The van der Waals surface area contributed by atoms with Crippen LogP contribution in [0.3, 0.4) is 0 Å². The fourth-order valence-corrected chi connectivity index (χ4v) is 5.81. The molecule has 0 aliphatic heterocycles. The van der Waals surface area contributed by atoms with Crippen LogP contribution in [0, 0.1) is 0 Å². The Morgan fingerprint density at radius 1 is 0.491 bits per heavy atom. The molecule has 0 saturated heterocycles. The highest BCUT2D eigenvalue weighted by Gasteiger charge is 2.17. The molecule has 6 aromatic rings. The van der Waals surface area contributed by atoms with E-state index in [4.69, 9.17) is 9.47 Å². The van der Waals surface area contributed by atoms with Crippen LogP contribution in [-0.4, -0.2) is 52.8 Å². The van der Waals surface area contributed by atoms with Gasteiger partial charge in [-0.25, -0.2) is 0 Å². The topological polar surface area (TPSA) is 96.0 Å². The highest BCUT2D eigenvalue weighted by molar-refractivity contribution is 5.94. The lowest BCUT2D eigenvalue weighted by Crippen LogP contribution is -2.40. The maximum absolute atomic E-state index is 13.4. The molecule has 9 heteroatoms. The van der Waals surface area contributed by atoms with Crippen molar-refractivity contribution in [3.05, 3.63) is 175 Å². The van der Waals surface area contributed by atoms with Crippen molar-refractivity contribution in [2.75, 3.05) is 36.8 Å². The Bertz CT molecular complexity index is 1840. The van der Waals surface area contributed by atoms with E-state index in [1.54, 1.807) is 30.5 Å². The summed E-state index contributed by atoms with van der Waals surface area (Å²) in [6.07, 6.45) is 4.41. The predicted octanol–water partition coefficient (Wildman–Crippen LogP) is 8.64. The molecule has 0 aliphatic carbocycles. The van der Waals surface area contributed by atoms with Crippen LogP contribution in [0.15, 0.2) is 164 Å². The summed E-state index contributed by atoms with van der Waals surface area (Å²) in [5.41, 5.74) is 3.62. The van der Waals surface area contributed by atoms with E-state index >= 15 is 0 Å². The monoisotopic (exact) mass is 705 g/mol. The van der Waals surface area contributed by atoms with Crippen LogP contribution >= 0.6 is 0 Å². The smallest absolute Gasteiger partial charge is 0.238 e. The van der Waals surface area contributed by atoms with Crippen LogP contribution in [-0.2, 0) is 22.7 Å². The molecular weight excluding hydrogens is 663 g/mol. The summed E-state index contributed by atoms with van der Waals surface area (Å²) in [5, 5.41) is 5.96. The summed E-state index contributed by atoms with van der Waals surface area (Å²) in [4.78, 5) is 35.3. The van der Waals surface area contributed by atoms with Crippen molar-refractivity contribution in [2.24, 2.45) is 0 Å². The van der Waals surface area contributed by atoms with Gasteiger partial charge in [0.05, 0.1) is 13.1 Å². The van der Waals surface area contributed by atoms with Gasteiger partial charge in [0.1, 0.15) is 23.0 Å². The molecule has 1 aromatic heterocycles. The molecule has 0 saturated carbocycles. The van der Waals surface area contributed by atoms with Crippen LogP contribution < -0.4 is 20.1 Å². The molecule has 1 heterocycles. The number of para-hydroxylation sites is 2. The first-order valence-corrected chi connectivity index (χ1v) is 17.7. The van der Waals surface area contributed by atoms with Crippen LogP contribution in [0.4, 0.5) is 11.4 Å². The number of hydrogen-bond acceptors (Lipinski definition) is 7. The number of anilines is 2. The number of pyridine rings is 1. The van der Waals surface area contributed by atoms with Crippen molar-refractivity contribution >= 4 is 23.2 Å². The summed E-state index contributed by atoms with van der Waals surface area (Å²) in [6.45, 7) is 2.88. The Labute approximate surface area is 310 Å². The summed E-state index contributed by atoms with van der Waals surface area (Å²) in [7, 11) is 0. The normalized spacial score (nSPS) is 10.9. The molecule has 2 amide bonds. The molecule has 0 bridgehead atoms. The molecule has 6 rings (SSSR count). The number of ether oxygens (including phenoxy) is 2. The number of carbonyl (C=O) groups excluding carboxylic acids is 2. The molecule has 0 unspecified atom stereocenters. The molecule has 0 radical (unpaired) electrons. The number of aromatic nitrogens is 1. The van der Waals surface area contributed by atoms with E-state index in [9.17, 15) is 9.59 Å². The van der Waals surface area contributed by atoms with Crippen LogP contribution in [0.1, 0.15) is 17.5 Å². The number of nitrogens with zero attached hydrogens (tertiary/aromatic N) is 3. The minimum absolute atomic E-state index is 0.0425. The Hall–Kier alpha value is -6.29. The first-order chi connectivity index (χ1) is 26.0. The second kappa shape index (κ2) is 19.4. The van der Waals surface area contributed by atoms with Crippen LogP contribution in [0.25, 0.3) is 0 Å². The number of carbonyl (C=O) groups is 2. The lowest BCUT2D eigenvalue weighted by atomic mass is 10.2. The molecule has 0 spiro atoms. The first kappa shape index (κ1) is 36.5. The lowest BCUT2D eigenvalue weighted by molar-refractivity contribution is -0.120. The SMILES string of the molecule is O=C(CN(CCCN(Cc1ccccc1)Cc1cccnc1)CC(=O)Nc1ccc(Oc2ccccc2)cc1)Nc1ccc(Oc2ccccc2)cc1. The standard InChI is InChI=1S/C44H43N5O4/c50-43(46-37-19-23-41(24-20-37)52-39-15-6-2-7-16-39)33-49(34-44(51)47-38-21-25-42(26-22-38)53-40-17-8-3-9-18-40)29-11-28-48(31-35-12-4-1-5-13-35)32-36-14-10-27-45-30-36/h1-10,12-27,30H,11,28-29,31-34H2,(H,46,50)(H,47,51). The third-order valence-corrected chi connectivity index (χ3v) is 8.30. The van der Waals surface area contributed by atoms with Crippen molar-refractivity contribution in [1.82, 2.24) is 14.8 Å². The van der Waals surface area contributed by atoms with E-state index in [0.717, 1.165) is 43.1 Å². The largest absolute Gasteiger partial charge is 0.457 e. The van der Waals surface area contributed by atoms with E-state index < -0.39 is 0 Å². The van der Waals surface area contributed by atoms with Gasteiger partial charge in [-0.2, -0.15) is 0 Å². The molecule has 0 fully saturated rings. The van der Waals surface area contributed by atoms with Gasteiger partial charge in [0.15, 0.2) is 0 Å². The zero-order valence-electron chi connectivity index (χ0n) is 29.5. The fraction of sp³-hybridized carbons (Fsp3) is 0.159. The Morgan fingerprint density at radius 3 is 1.42 bits per heavy atom. The van der Waals surface area contributed by atoms with Crippen molar-refractivity contribution in [3.8, 4) is 23.0 Å². The van der Waals surface area contributed by atoms with Gasteiger partial charge < -0.3 is 20.1 Å². The van der Waals surface area contributed by atoms with Crippen molar-refractivity contribution in [2.45, 2.75) is 19.5 Å². The van der Waals surface area contributed by atoms with Gasteiger partial charge in [-0.05, 0) is 96.4 Å². The second-order valence-electron chi connectivity index (χ2n) is 12.6. The number of nitrogens with one attached hydrogen (secondary N) is 2. The van der Waals surface area contributed by atoms with E-state index in [2.05, 4.69) is 38.7 Å². The van der Waals surface area contributed by atoms with E-state index in [1.165, 1.54) is 5.56 Å². The maximum Gasteiger partial charge on any atom is 0.238 e. The predicted molar refractivity (Wildman–Crippen MR) is 209 cm³/mol. The third kappa shape index (κ3) is 12.5. The summed E-state index contributed by atoms with van der Waals surface area (Å²) < 4.78 is 11.8. The zero-order chi connectivity index (χ0) is 36.5. The van der Waals surface area contributed by atoms with Crippen LogP contribution in [0.2, 0.25) is 0 Å². The molecule has 9 nitrogen and oxygen atoms in total. The number of hydrogen-bond donors (Lipinski definition) is 2. The third-order valence-electron chi connectivity index (χ3n) is 8.30. The Morgan fingerprint density at radius 2 is 0.925 bits per heavy atom. The van der Waals surface area contributed by atoms with Gasteiger partial charge in [0.2, 0.25) is 11.8 Å². The van der Waals surface area contributed by atoms with Crippen molar-refractivity contribution in [3.63, 3.8) is 0 Å². The summed E-state index contributed by atoms with van der Waals surface area (Å²) in [5.74, 6) is 2.37. The quantitative estimate of drug-likeness (QED) is 0.0925. The van der Waals surface area contributed by atoms with E-state index in [1.807, 2.05) is 120 Å².